The lowest BCUT2D eigenvalue weighted by atomic mass is 9.78. The Kier molecular flexibility index (Phi) is 5.65. The van der Waals surface area contributed by atoms with E-state index in [-0.39, 0.29) is 12.2 Å². The Hall–Kier alpha value is -1.98. The third-order valence-corrected chi connectivity index (χ3v) is 6.13. The van der Waals surface area contributed by atoms with E-state index in [1.165, 1.54) is 5.56 Å². The zero-order valence-electron chi connectivity index (χ0n) is 17.0. The average molecular weight is 382 g/mol. The van der Waals surface area contributed by atoms with Gasteiger partial charge in [0.25, 0.3) is 0 Å². The number of aliphatic hydroxyl groups excluding tert-OH is 1. The Morgan fingerprint density at radius 1 is 1.18 bits per heavy atom. The average Bonchev–Trinajstić information content (AvgIpc) is 2.85. The van der Waals surface area contributed by atoms with Crippen molar-refractivity contribution in [2.45, 2.75) is 64.1 Å². The molecule has 1 spiro atoms. The van der Waals surface area contributed by atoms with Crippen LogP contribution in [0.1, 0.15) is 62.4 Å². The van der Waals surface area contributed by atoms with Crippen LogP contribution in [0.2, 0.25) is 0 Å². The van der Waals surface area contributed by atoms with E-state index in [2.05, 4.69) is 53.0 Å². The van der Waals surface area contributed by atoms with Crippen LogP contribution in [0.25, 0.3) is 0 Å². The molecule has 1 aliphatic carbocycles. The van der Waals surface area contributed by atoms with E-state index in [4.69, 9.17) is 4.74 Å². The minimum atomic E-state index is -0.170. The number of fused-ring (bicyclic) bond motifs is 1. The number of hydrogen-bond donors (Lipinski definition) is 1. The van der Waals surface area contributed by atoms with Crippen molar-refractivity contribution in [1.29, 1.82) is 0 Å². The van der Waals surface area contributed by atoms with Crippen LogP contribution in [0, 0.1) is 5.92 Å². The van der Waals surface area contributed by atoms with Crippen molar-refractivity contribution < 1.29 is 9.84 Å². The molecule has 1 saturated carbocycles. The summed E-state index contributed by atoms with van der Waals surface area (Å²) in [5, 5.41) is 9.53. The van der Waals surface area contributed by atoms with Gasteiger partial charge in [-0.2, -0.15) is 0 Å². The highest BCUT2D eigenvalue weighted by Gasteiger charge is 2.40. The molecule has 2 aliphatic rings. The summed E-state index contributed by atoms with van der Waals surface area (Å²) in [6.45, 7) is 7.10. The SMILES string of the molecule is CC(C)c1ncc(CN2Cc3ccccc3OC3(CCC(CO)CC3)C2)cn1. The van der Waals surface area contributed by atoms with Crippen LogP contribution in [0.5, 0.6) is 5.75 Å². The summed E-state index contributed by atoms with van der Waals surface area (Å²) >= 11 is 0. The lowest BCUT2D eigenvalue weighted by Gasteiger charge is -2.41. The molecule has 4 rings (SSSR count). The fourth-order valence-electron chi connectivity index (χ4n) is 4.46. The number of nitrogens with zero attached hydrogens (tertiary/aromatic N) is 3. The molecule has 28 heavy (non-hydrogen) atoms. The highest BCUT2D eigenvalue weighted by Crippen LogP contribution is 2.40. The zero-order chi connectivity index (χ0) is 19.6. The van der Waals surface area contributed by atoms with Gasteiger partial charge in [0.2, 0.25) is 0 Å². The van der Waals surface area contributed by atoms with Gasteiger partial charge in [-0.15, -0.1) is 0 Å². The highest BCUT2D eigenvalue weighted by atomic mass is 16.5. The Bertz CT molecular complexity index is 783. The van der Waals surface area contributed by atoms with E-state index >= 15 is 0 Å². The molecule has 2 aromatic rings. The number of hydrogen-bond acceptors (Lipinski definition) is 5. The molecule has 0 unspecified atom stereocenters. The number of ether oxygens (including phenoxy) is 1. The van der Waals surface area contributed by atoms with Crippen molar-refractivity contribution in [2.75, 3.05) is 13.2 Å². The standard InChI is InChI=1S/C23H31N3O2/c1-17(2)22-24-11-19(12-25-22)13-26-14-20-5-3-4-6-21(20)28-23(16-26)9-7-18(15-27)8-10-23/h3-6,11-12,17-18,27H,7-10,13-16H2,1-2H3. The Morgan fingerprint density at radius 2 is 1.89 bits per heavy atom. The van der Waals surface area contributed by atoms with Crippen molar-refractivity contribution >= 4 is 0 Å². The molecular weight excluding hydrogens is 350 g/mol. The van der Waals surface area contributed by atoms with Crippen LogP contribution >= 0.6 is 0 Å². The molecule has 2 heterocycles. The van der Waals surface area contributed by atoms with Gasteiger partial charge in [-0.05, 0) is 37.7 Å². The lowest BCUT2D eigenvalue weighted by Crippen LogP contribution is -2.48. The van der Waals surface area contributed by atoms with Gasteiger partial charge < -0.3 is 9.84 Å². The molecule has 5 nitrogen and oxygen atoms in total. The summed E-state index contributed by atoms with van der Waals surface area (Å²) in [6, 6.07) is 8.40. The largest absolute Gasteiger partial charge is 0.486 e. The summed E-state index contributed by atoms with van der Waals surface area (Å²) < 4.78 is 6.64. The van der Waals surface area contributed by atoms with Crippen LogP contribution in [0.4, 0.5) is 0 Å². The van der Waals surface area contributed by atoms with Gasteiger partial charge >= 0.3 is 0 Å². The summed E-state index contributed by atoms with van der Waals surface area (Å²) in [6.07, 6.45) is 7.97. The Balaban J connectivity index is 1.56. The molecule has 1 N–H and O–H groups in total. The number of aromatic nitrogens is 2. The fourth-order valence-corrected chi connectivity index (χ4v) is 4.46. The summed E-state index contributed by atoms with van der Waals surface area (Å²) in [5.74, 6) is 2.67. The molecule has 0 atom stereocenters. The minimum absolute atomic E-state index is 0.170. The van der Waals surface area contributed by atoms with E-state index in [1.54, 1.807) is 0 Å². The normalized spacial score (nSPS) is 25.4. The van der Waals surface area contributed by atoms with E-state index in [0.29, 0.717) is 11.8 Å². The zero-order valence-corrected chi connectivity index (χ0v) is 17.0. The van der Waals surface area contributed by atoms with Crippen molar-refractivity contribution in [1.82, 2.24) is 14.9 Å². The molecule has 0 amide bonds. The fraction of sp³-hybridized carbons (Fsp3) is 0.565. The van der Waals surface area contributed by atoms with Crippen LogP contribution in [0.15, 0.2) is 36.7 Å². The second-order valence-electron chi connectivity index (χ2n) is 8.77. The van der Waals surface area contributed by atoms with Crippen molar-refractivity contribution in [3.05, 3.63) is 53.6 Å². The van der Waals surface area contributed by atoms with Gasteiger partial charge in [0.1, 0.15) is 17.2 Å². The number of para-hydroxylation sites is 1. The Morgan fingerprint density at radius 3 is 2.57 bits per heavy atom. The maximum atomic E-state index is 9.53. The van der Waals surface area contributed by atoms with Gasteiger partial charge in [-0.1, -0.05) is 32.0 Å². The van der Waals surface area contributed by atoms with Crippen molar-refractivity contribution in [3.63, 3.8) is 0 Å². The third kappa shape index (κ3) is 4.20. The van der Waals surface area contributed by atoms with Crippen molar-refractivity contribution in [2.24, 2.45) is 5.92 Å². The quantitative estimate of drug-likeness (QED) is 0.870. The number of benzene rings is 1. The van der Waals surface area contributed by atoms with E-state index in [1.807, 2.05) is 12.4 Å². The van der Waals surface area contributed by atoms with E-state index in [0.717, 1.165) is 62.5 Å². The monoisotopic (exact) mass is 381 g/mol. The molecule has 150 valence electrons. The number of rotatable bonds is 4. The topological polar surface area (TPSA) is 58.5 Å². The van der Waals surface area contributed by atoms with Crippen LogP contribution in [0.3, 0.4) is 0 Å². The molecule has 5 heteroatoms. The van der Waals surface area contributed by atoms with Gasteiger partial charge in [-0.25, -0.2) is 9.97 Å². The Labute approximate surface area is 167 Å². The number of aliphatic hydroxyl groups is 1. The summed E-state index contributed by atoms with van der Waals surface area (Å²) in [7, 11) is 0. The predicted molar refractivity (Wildman–Crippen MR) is 109 cm³/mol. The van der Waals surface area contributed by atoms with Gasteiger partial charge in [0, 0.05) is 55.7 Å². The third-order valence-electron chi connectivity index (χ3n) is 6.13. The molecule has 0 bridgehead atoms. The van der Waals surface area contributed by atoms with Crippen molar-refractivity contribution in [3.8, 4) is 5.75 Å². The first-order valence-electron chi connectivity index (χ1n) is 10.5. The summed E-state index contributed by atoms with van der Waals surface area (Å²) in [5.41, 5.74) is 2.21. The van der Waals surface area contributed by atoms with Gasteiger partial charge in [0.15, 0.2) is 0 Å². The van der Waals surface area contributed by atoms with E-state index < -0.39 is 0 Å². The minimum Gasteiger partial charge on any atom is -0.486 e. The van der Waals surface area contributed by atoms with E-state index in [9.17, 15) is 5.11 Å². The maximum absolute atomic E-state index is 9.53. The predicted octanol–water partition coefficient (Wildman–Crippen LogP) is 3.92. The molecule has 1 fully saturated rings. The first-order valence-corrected chi connectivity index (χ1v) is 10.5. The highest BCUT2D eigenvalue weighted by molar-refractivity contribution is 5.35. The summed E-state index contributed by atoms with van der Waals surface area (Å²) in [4.78, 5) is 11.6. The van der Waals surface area contributed by atoms with Crippen LogP contribution in [-0.4, -0.2) is 38.7 Å². The molecule has 0 saturated heterocycles. The smallest absolute Gasteiger partial charge is 0.130 e. The van der Waals surface area contributed by atoms with Crippen LogP contribution in [-0.2, 0) is 13.1 Å². The second kappa shape index (κ2) is 8.18. The molecule has 1 aliphatic heterocycles. The van der Waals surface area contributed by atoms with Gasteiger partial charge in [-0.3, -0.25) is 4.90 Å². The maximum Gasteiger partial charge on any atom is 0.130 e. The molecule has 1 aromatic carbocycles. The first-order chi connectivity index (χ1) is 13.6. The van der Waals surface area contributed by atoms with Crippen LogP contribution < -0.4 is 4.74 Å². The second-order valence-corrected chi connectivity index (χ2v) is 8.77. The van der Waals surface area contributed by atoms with Gasteiger partial charge in [0.05, 0.1) is 0 Å². The molecule has 0 radical (unpaired) electrons. The first kappa shape index (κ1) is 19.3. The molecular formula is C23H31N3O2. The lowest BCUT2D eigenvalue weighted by molar-refractivity contribution is -0.0155. The molecule has 1 aromatic heterocycles.